The molecule has 1 heterocycles. The quantitative estimate of drug-likeness (QED) is 0.840. The van der Waals surface area contributed by atoms with Gasteiger partial charge in [0.1, 0.15) is 0 Å². The average molecular weight is 250 g/mol. The van der Waals surface area contributed by atoms with Crippen LogP contribution in [0.5, 0.6) is 0 Å². The van der Waals surface area contributed by atoms with Crippen LogP contribution in [0.4, 0.5) is 5.69 Å². The molecule has 1 aliphatic rings. The Hall–Kier alpha value is -0.670. The van der Waals surface area contributed by atoms with Gasteiger partial charge in [0.25, 0.3) is 0 Å². The van der Waals surface area contributed by atoms with Crippen molar-refractivity contribution in [3.63, 3.8) is 0 Å². The van der Waals surface area contributed by atoms with E-state index in [0.29, 0.717) is 0 Å². The van der Waals surface area contributed by atoms with Gasteiger partial charge in [0, 0.05) is 22.9 Å². The molecule has 17 heavy (non-hydrogen) atoms. The third kappa shape index (κ3) is 3.39. The Bertz CT molecular complexity index is 365. The summed E-state index contributed by atoms with van der Waals surface area (Å²) in [5, 5.41) is 6.77. The molecule has 1 aromatic carbocycles. The zero-order valence-electron chi connectivity index (χ0n) is 10.8. The second kappa shape index (κ2) is 6.31. The van der Waals surface area contributed by atoms with Crippen LogP contribution in [0.2, 0.25) is 0 Å². The Labute approximate surface area is 109 Å². The van der Waals surface area contributed by atoms with E-state index in [1.54, 1.807) is 0 Å². The first-order valence-corrected chi connectivity index (χ1v) is 7.46. The van der Waals surface area contributed by atoms with Gasteiger partial charge in [-0.3, -0.25) is 0 Å². The van der Waals surface area contributed by atoms with Gasteiger partial charge in [-0.25, -0.2) is 0 Å². The molecule has 1 unspecified atom stereocenters. The normalized spacial score (nSPS) is 16.1. The van der Waals surface area contributed by atoms with Gasteiger partial charge in [-0.15, -0.1) is 11.8 Å². The Kier molecular flexibility index (Phi) is 4.75. The van der Waals surface area contributed by atoms with E-state index in [1.165, 1.54) is 34.7 Å². The summed E-state index contributed by atoms with van der Waals surface area (Å²) in [7, 11) is 2.04. The molecular formula is C14H22N2S. The minimum atomic E-state index is 0.745. The van der Waals surface area contributed by atoms with E-state index in [-0.39, 0.29) is 0 Å². The molecule has 2 nitrogen and oxygen atoms in total. The van der Waals surface area contributed by atoms with Crippen molar-refractivity contribution in [2.75, 3.05) is 31.2 Å². The minimum Gasteiger partial charge on any atom is -0.383 e. The Morgan fingerprint density at radius 2 is 2.35 bits per heavy atom. The molecule has 1 aliphatic heterocycles. The lowest BCUT2D eigenvalue weighted by molar-refractivity contribution is 0.481. The van der Waals surface area contributed by atoms with Crippen LogP contribution in [0.25, 0.3) is 0 Å². The summed E-state index contributed by atoms with van der Waals surface area (Å²) in [5.41, 5.74) is 2.79. The number of fused-ring (bicyclic) bond motifs is 1. The lowest BCUT2D eigenvalue weighted by Crippen LogP contribution is -2.20. The van der Waals surface area contributed by atoms with Crippen LogP contribution in [-0.2, 0) is 6.42 Å². The summed E-state index contributed by atoms with van der Waals surface area (Å²) in [6.07, 6.45) is 2.41. The van der Waals surface area contributed by atoms with Crippen molar-refractivity contribution in [2.45, 2.75) is 24.7 Å². The van der Waals surface area contributed by atoms with Crippen LogP contribution in [0.15, 0.2) is 23.1 Å². The first-order valence-electron chi connectivity index (χ1n) is 6.47. The van der Waals surface area contributed by atoms with E-state index in [2.05, 4.69) is 35.8 Å². The third-order valence-electron chi connectivity index (χ3n) is 3.31. The molecule has 2 rings (SSSR count). The molecule has 1 atom stereocenters. The van der Waals surface area contributed by atoms with Crippen LogP contribution in [0.3, 0.4) is 0 Å². The molecule has 0 radical (unpaired) electrons. The maximum absolute atomic E-state index is 3.49. The van der Waals surface area contributed by atoms with Crippen molar-refractivity contribution < 1.29 is 0 Å². The first kappa shape index (κ1) is 12.8. The van der Waals surface area contributed by atoms with Crippen molar-refractivity contribution in [1.82, 2.24) is 5.32 Å². The lowest BCUT2D eigenvalue weighted by Gasteiger charge is -2.20. The van der Waals surface area contributed by atoms with Crippen LogP contribution < -0.4 is 10.6 Å². The van der Waals surface area contributed by atoms with E-state index in [9.17, 15) is 0 Å². The van der Waals surface area contributed by atoms with E-state index in [1.807, 2.05) is 18.8 Å². The smallest absolute Gasteiger partial charge is 0.0481 e. The Morgan fingerprint density at radius 1 is 1.47 bits per heavy atom. The number of anilines is 1. The summed E-state index contributed by atoms with van der Waals surface area (Å²) in [4.78, 5) is 1.40. The van der Waals surface area contributed by atoms with Crippen molar-refractivity contribution in [1.29, 1.82) is 0 Å². The van der Waals surface area contributed by atoms with E-state index >= 15 is 0 Å². The second-order valence-corrected chi connectivity index (χ2v) is 5.78. The molecule has 1 aromatic rings. The number of thioether (sulfide) groups is 1. The first-order chi connectivity index (χ1) is 8.33. The lowest BCUT2D eigenvalue weighted by atomic mass is 9.96. The van der Waals surface area contributed by atoms with Crippen LogP contribution >= 0.6 is 11.8 Å². The van der Waals surface area contributed by atoms with Gasteiger partial charge in [-0.05, 0) is 43.6 Å². The van der Waals surface area contributed by atoms with Crippen LogP contribution in [0, 0.1) is 5.92 Å². The monoisotopic (exact) mass is 250 g/mol. The predicted octanol–water partition coefficient (Wildman–Crippen LogP) is 2.99. The molecule has 2 N–H and O–H groups in total. The van der Waals surface area contributed by atoms with Crippen molar-refractivity contribution >= 4 is 17.4 Å². The minimum absolute atomic E-state index is 0.745. The largest absolute Gasteiger partial charge is 0.383 e. The summed E-state index contributed by atoms with van der Waals surface area (Å²) < 4.78 is 0. The Morgan fingerprint density at radius 3 is 3.12 bits per heavy atom. The van der Waals surface area contributed by atoms with Gasteiger partial charge in [0.2, 0.25) is 0 Å². The number of nitrogens with one attached hydrogen (secondary N) is 2. The topological polar surface area (TPSA) is 24.1 Å². The van der Waals surface area contributed by atoms with Crippen LogP contribution in [0.1, 0.15) is 18.9 Å². The fraction of sp³-hybridized carbons (Fsp3) is 0.571. The maximum atomic E-state index is 3.49. The molecule has 0 aromatic heterocycles. The highest BCUT2D eigenvalue weighted by Gasteiger charge is 2.11. The molecular weight excluding hydrogens is 228 g/mol. The molecule has 94 valence electrons. The van der Waals surface area contributed by atoms with Gasteiger partial charge < -0.3 is 10.6 Å². The van der Waals surface area contributed by atoms with Crippen molar-refractivity contribution in [2.24, 2.45) is 5.92 Å². The fourth-order valence-electron chi connectivity index (χ4n) is 2.30. The highest BCUT2D eigenvalue weighted by molar-refractivity contribution is 7.99. The van der Waals surface area contributed by atoms with E-state index in [4.69, 9.17) is 0 Å². The zero-order valence-corrected chi connectivity index (χ0v) is 11.6. The molecule has 0 saturated carbocycles. The highest BCUT2D eigenvalue weighted by Crippen LogP contribution is 2.32. The van der Waals surface area contributed by atoms with Gasteiger partial charge >= 0.3 is 0 Å². The molecule has 0 bridgehead atoms. The summed E-state index contributed by atoms with van der Waals surface area (Å²) in [6.45, 7) is 4.47. The molecule has 0 fully saturated rings. The predicted molar refractivity (Wildman–Crippen MR) is 77.1 cm³/mol. The Balaban J connectivity index is 2.05. The standard InChI is InChI=1S/C14H22N2S/c1-3-11(10-15-2)8-12-4-5-14-13(9-12)16-6-7-17-14/h4-5,9,11,15-16H,3,6-8,10H2,1-2H3. The number of rotatable bonds is 5. The van der Waals surface area contributed by atoms with Crippen molar-refractivity contribution in [3.05, 3.63) is 23.8 Å². The zero-order chi connectivity index (χ0) is 12.1. The fourth-order valence-corrected chi connectivity index (χ4v) is 3.17. The summed E-state index contributed by atoms with van der Waals surface area (Å²) in [5.74, 6) is 1.93. The molecule has 0 saturated heterocycles. The second-order valence-electron chi connectivity index (χ2n) is 4.64. The summed E-state index contributed by atoms with van der Waals surface area (Å²) in [6, 6.07) is 6.89. The molecule has 3 heteroatoms. The van der Waals surface area contributed by atoms with Gasteiger partial charge in [0.15, 0.2) is 0 Å². The van der Waals surface area contributed by atoms with Gasteiger partial charge in [-0.2, -0.15) is 0 Å². The number of hydrogen-bond acceptors (Lipinski definition) is 3. The third-order valence-corrected chi connectivity index (χ3v) is 4.39. The number of hydrogen-bond donors (Lipinski definition) is 2. The number of benzene rings is 1. The van der Waals surface area contributed by atoms with E-state index in [0.717, 1.165) is 19.0 Å². The van der Waals surface area contributed by atoms with E-state index < -0.39 is 0 Å². The maximum Gasteiger partial charge on any atom is 0.0481 e. The van der Waals surface area contributed by atoms with Gasteiger partial charge in [0.05, 0.1) is 0 Å². The molecule has 0 aliphatic carbocycles. The SMILES string of the molecule is CCC(CNC)Cc1ccc2c(c1)NCCS2. The van der Waals surface area contributed by atoms with Crippen molar-refractivity contribution in [3.8, 4) is 0 Å². The average Bonchev–Trinajstić information content (AvgIpc) is 2.38. The molecule has 0 amide bonds. The highest BCUT2D eigenvalue weighted by atomic mass is 32.2. The molecule has 0 spiro atoms. The van der Waals surface area contributed by atoms with Crippen LogP contribution in [-0.4, -0.2) is 25.9 Å². The summed E-state index contributed by atoms with van der Waals surface area (Å²) >= 11 is 1.96. The van der Waals surface area contributed by atoms with Gasteiger partial charge in [-0.1, -0.05) is 19.4 Å².